The van der Waals surface area contributed by atoms with Crippen molar-refractivity contribution in [3.63, 3.8) is 0 Å². The van der Waals surface area contributed by atoms with Gasteiger partial charge in [-0.3, -0.25) is 4.79 Å². The molecule has 0 aliphatic carbocycles. The Morgan fingerprint density at radius 3 is 2.89 bits per heavy atom. The molecule has 1 aliphatic rings. The summed E-state index contributed by atoms with van der Waals surface area (Å²) >= 11 is 0. The first-order valence-corrected chi connectivity index (χ1v) is 9.06. The van der Waals surface area contributed by atoms with Gasteiger partial charge in [0.15, 0.2) is 0 Å². The summed E-state index contributed by atoms with van der Waals surface area (Å²) in [5.41, 5.74) is 1.83. The van der Waals surface area contributed by atoms with Gasteiger partial charge in [0, 0.05) is 6.07 Å². The van der Waals surface area contributed by atoms with E-state index < -0.39 is 0 Å². The highest BCUT2D eigenvalue weighted by molar-refractivity contribution is 5.87. The summed E-state index contributed by atoms with van der Waals surface area (Å²) in [7, 11) is 0. The first kappa shape index (κ1) is 17.3. The molecule has 0 saturated carbocycles. The van der Waals surface area contributed by atoms with Crippen LogP contribution in [0.25, 0.3) is 10.8 Å². The van der Waals surface area contributed by atoms with E-state index in [-0.39, 0.29) is 24.3 Å². The zero-order chi connectivity index (χ0) is 18.8. The van der Waals surface area contributed by atoms with Gasteiger partial charge in [-0.05, 0) is 35.4 Å². The fraction of sp³-hybridized carbons (Fsp3) is 0.227. The molecule has 0 spiro atoms. The molecular formula is C22H21FN2O2. The summed E-state index contributed by atoms with van der Waals surface area (Å²) in [5, 5.41) is 5.37. The molecule has 3 aromatic carbocycles. The van der Waals surface area contributed by atoms with Gasteiger partial charge in [-0.2, -0.15) is 0 Å². The zero-order valence-corrected chi connectivity index (χ0v) is 15.1. The number of amides is 1. The molecule has 1 aliphatic heterocycles. The minimum Gasteiger partial charge on any atom is -0.489 e. The molecule has 0 aromatic heterocycles. The van der Waals surface area contributed by atoms with Crippen LogP contribution in [0.4, 0.5) is 10.1 Å². The summed E-state index contributed by atoms with van der Waals surface area (Å²) in [5.74, 6) is 0.0633. The topological polar surface area (TPSA) is 41.6 Å². The lowest BCUT2D eigenvalue weighted by Gasteiger charge is -2.31. The number of benzene rings is 3. The van der Waals surface area contributed by atoms with Crippen molar-refractivity contribution in [3.05, 3.63) is 72.0 Å². The molecule has 0 bridgehead atoms. The number of ether oxygens (including phenoxy) is 1. The lowest BCUT2D eigenvalue weighted by Crippen LogP contribution is -2.42. The molecule has 3 aromatic rings. The monoisotopic (exact) mass is 364 g/mol. The van der Waals surface area contributed by atoms with Gasteiger partial charge in [-0.15, -0.1) is 0 Å². The molecule has 5 heteroatoms. The smallest absolute Gasteiger partial charge is 0.239 e. The number of halogens is 1. The van der Waals surface area contributed by atoms with E-state index in [0.717, 1.165) is 22.0 Å². The Morgan fingerprint density at radius 1 is 1.19 bits per heavy atom. The van der Waals surface area contributed by atoms with Gasteiger partial charge in [0.2, 0.25) is 5.91 Å². The summed E-state index contributed by atoms with van der Waals surface area (Å²) in [6.07, 6.45) is 0. The van der Waals surface area contributed by atoms with Crippen molar-refractivity contribution in [2.45, 2.75) is 13.0 Å². The largest absolute Gasteiger partial charge is 0.489 e. The van der Waals surface area contributed by atoms with Crippen molar-refractivity contribution in [3.8, 4) is 5.75 Å². The Labute approximate surface area is 157 Å². The van der Waals surface area contributed by atoms with E-state index >= 15 is 0 Å². The molecular weight excluding hydrogens is 343 g/mol. The molecule has 4 nitrogen and oxygen atoms in total. The van der Waals surface area contributed by atoms with E-state index in [2.05, 4.69) is 23.5 Å². The second-order valence-corrected chi connectivity index (χ2v) is 6.74. The molecule has 1 atom stereocenters. The van der Waals surface area contributed by atoms with Gasteiger partial charge in [-0.25, -0.2) is 4.39 Å². The van der Waals surface area contributed by atoms with Crippen molar-refractivity contribution in [1.29, 1.82) is 0 Å². The Bertz CT molecular complexity index is 984. The third-order valence-corrected chi connectivity index (χ3v) is 4.88. The average Bonchev–Trinajstić information content (AvgIpc) is 2.67. The average molecular weight is 364 g/mol. The minimum atomic E-state index is -0.343. The van der Waals surface area contributed by atoms with Crippen molar-refractivity contribution in [1.82, 2.24) is 5.32 Å². The van der Waals surface area contributed by atoms with E-state index in [0.29, 0.717) is 18.9 Å². The molecule has 1 amide bonds. The number of hydrogen-bond acceptors (Lipinski definition) is 3. The normalized spacial score (nSPS) is 14.4. The van der Waals surface area contributed by atoms with Crippen molar-refractivity contribution in [2.24, 2.45) is 0 Å². The van der Waals surface area contributed by atoms with E-state index in [1.54, 1.807) is 6.07 Å². The third kappa shape index (κ3) is 3.58. The number of carbonyl (C=O) groups excluding carboxylic acids is 1. The van der Waals surface area contributed by atoms with E-state index in [1.807, 2.05) is 36.1 Å². The molecule has 0 saturated heterocycles. The number of hydrogen-bond donors (Lipinski definition) is 1. The van der Waals surface area contributed by atoms with Crippen LogP contribution in [-0.4, -0.2) is 25.6 Å². The molecule has 27 heavy (non-hydrogen) atoms. The fourth-order valence-electron chi connectivity index (χ4n) is 3.58. The first-order valence-electron chi connectivity index (χ1n) is 9.06. The Hall–Kier alpha value is -3.08. The van der Waals surface area contributed by atoms with Gasteiger partial charge < -0.3 is 15.0 Å². The van der Waals surface area contributed by atoms with Crippen molar-refractivity contribution < 1.29 is 13.9 Å². The Kier molecular flexibility index (Phi) is 4.67. The summed E-state index contributed by atoms with van der Waals surface area (Å²) < 4.78 is 18.9. The lowest BCUT2D eigenvalue weighted by molar-refractivity contribution is -0.120. The van der Waals surface area contributed by atoms with Crippen LogP contribution in [0.15, 0.2) is 60.7 Å². The molecule has 138 valence electrons. The number of nitrogens with zero attached hydrogens (tertiary/aromatic N) is 1. The summed E-state index contributed by atoms with van der Waals surface area (Å²) in [6, 6.07) is 18.6. The quantitative estimate of drug-likeness (QED) is 0.759. The second kappa shape index (κ2) is 7.27. The number of fused-ring (bicyclic) bond motifs is 2. The number of rotatable bonds is 4. The molecule has 0 fully saturated rings. The van der Waals surface area contributed by atoms with Crippen molar-refractivity contribution >= 4 is 22.4 Å². The summed E-state index contributed by atoms with van der Waals surface area (Å²) in [6.45, 7) is 3.22. The maximum absolute atomic E-state index is 13.4. The molecule has 4 rings (SSSR count). The fourth-order valence-corrected chi connectivity index (χ4v) is 3.58. The standard InChI is InChI=1S/C22H21FN2O2/c1-15(18-8-4-6-16-5-2-3-7-19(16)18)24-22(26)14-25-11-12-27-21-13-17(23)9-10-20(21)25/h2-10,13,15H,11-12,14H2,1H3,(H,24,26). The number of anilines is 1. The zero-order valence-electron chi connectivity index (χ0n) is 15.1. The van der Waals surface area contributed by atoms with E-state index in [4.69, 9.17) is 4.74 Å². The highest BCUT2D eigenvalue weighted by atomic mass is 19.1. The lowest BCUT2D eigenvalue weighted by atomic mass is 10.00. The molecule has 1 heterocycles. The predicted octanol–water partition coefficient (Wildman–Crippen LogP) is 4.06. The maximum atomic E-state index is 13.4. The van der Waals surface area contributed by atoms with Gasteiger partial charge in [0.25, 0.3) is 0 Å². The van der Waals surface area contributed by atoms with Crippen LogP contribution in [0, 0.1) is 5.82 Å². The minimum absolute atomic E-state index is 0.0763. The molecule has 1 N–H and O–H groups in total. The van der Waals surface area contributed by atoms with Crippen LogP contribution in [0.2, 0.25) is 0 Å². The number of nitrogens with one attached hydrogen (secondary N) is 1. The second-order valence-electron chi connectivity index (χ2n) is 6.74. The highest BCUT2D eigenvalue weighted by Gasteiger charge is 2.22. The van der Waals surface area contributed by atoms with Gasteiger partial charge >= 0.3 is 0 Å². The van der Waals surface area contributed by atoms with Crippen LogP contribution in [0.3, 0.4) is 0 Å². The van der Waals surface area contributed by atoms with Gasteiger partial charge in [0.05, 0.1) is 24.8 Å². The van der Waals surface area contributed by atoms with Crippen molar-refractivity contribution in [2.75, 3.05) is 24.6 Å². The first-order chi connectivity index (χ1) is 13.1. The summed E-state index contributed by atoms with van der Waals surface area (Å²) in [4.78, 5) is 14.6. The van der Waals surface area contributed by atoms with E-state index in [9.17, 15) is 9.18 Å². The number of carbonyl (C=O) groups is 1. The van der Waals surface area contributed by atoms with E-state index in [1.165, 1.54) is 12.1 Å². The maximum Gasteiger partial charge on any atom is 0.239 e. The molecule has 0 radical (unpaired) electrons. The van der Waals surface area contributed by atoms with Gasteiger partial charge in [-0.1, -0.05) is 42.5 Å². The molecule has 1 unspecified atom stereocenters. The van der Waals surface area contributed by atoms with Crippen LogP contribution >= 0.6 is 0 Å². The predicted molar refractivity (Wildman–Crippen MR) is 105 cm³/mol. The highest BCUT2D eigenvalue weighted by Crippen LogP contribution is 2.32. The Balaban J connectivity index is 1.49. The van der Waals surface area contributed by atoms with Crippen LogP contribution in [0.1, 0.15) is 18.5 Å². The van der Waals surface area contributed by atoms with Crippen LogP contribution in [0.5, 0.6) is 5.75 Å². The van der Waals surface area contributed by atoms with Gasteiger partial charge in [0.1, 0.15) is 18.2 Å². The van der Waals surface area contributed by atoms with Crippen LogP contribution < -0.4 is 15.0 Å². The SMILES string of the molecule is CC(NC(=O)CN1CCOc2cc(F)ccc21)c1cccc2ccccc12. The Morgan fingerprint density at radius 2 is 2.00 bits per heavy atom. The third-order valence-electron chi connectivity index (χ3n) is 4.88. The van der Waals surface area contributed by atoms with Crippen LogP contribution in [-0.2, 0) is 4.79 Å².